The van der Waals surface area contributed by atoms with Gasteiger partial charge in [0, 0.05) is 12.7 Å². The molecule has 1 aromatic rings. The molecule has 0 fully saturated rings. The van der Waals surface area contributed by atoms with Crippen molar-refractivity contribution < 1.29 is 4.79 Å². The first kappa shape index (κ1) is 12.9. The summed E-state index contributed by atoms with van der Waals surface area (Å²) >= 11 is 4.74. The number of carbonyl (C=O) groups is 1. The van der Waals surface area contributed by atoms with Gasteiger partial charge in [-0.1, -0.05) is 19.2 Å². The molecule has 0 aliphatic carbocycles. The first-order valence-corrected chi connectivity index (χ1v) is 6.19. The molecule has 0 unspecified atom stereocenters. The molecule has 0 aliphatic rings. The van der Waals surface area contributed by atoms with Crippen LogP contribution in [0.25, 0.3) is 0 Å². The molecular weight excluding hydrogens is 286 g/mol. The van der Waals surface area contributed by atoms with Gasteiger partial charge in [-0.2, -0.15) is 0 Å². The molecule has 0 N–H and O–H groups in total. The maximum atomic E-state index is 12.0. The van der Waals surface area contributed by atoms with Crippen LogP contribution >= 0.6 is 27.3 Å². The third-order valence-electron chi connectivity index (χ3n) is 1.97. The number of allylic oxidation sites excluding steroid dienone is 3. The molecule has 84 valence electrons. The van der Waals surface area contributed by atoms with Gasteiger partial charge in [-0.25, -0.2) is 0 Å². The molecule has 0 spiro atoms. The normalized spacial score (nSPS) is 11.0. The highest BCUT2D eigenvalue weighted by atomic mass is 79.9. The monoisotopic (exact) mass is 297 g/mol. The minimum atomic E-state index is -0.0521. The van der Waals surface area contributed by atoms with Gasteiger partial charge >= 0.3 is 0 Å². The SMILES string of the molecule is C=C/C=C(\C=C)N(C)C(=O)c1ccc(Br)s1. The summed E-state index contributed by atoms with van der Waals surface area (Å²) in [6.45, 7) is 7.27. The van der Waals surface area contributed by atoms with Crippen molar-refractivity contribution in [3.63, 3.8) is 0 Å². The topological polar surface area (TPSA) is 20.3 Å². The summed E-state index contributed by atoms with van der Waals surface area (Å²) in [5.41, 5.74) is 0.726. The number of halogens is 1. The molecule has 0 aliphatic heterocycles. The zero-order chi connectivity index (χ0) is 12.1. The van der Waals surface area contributed by atoms with Crippen molar-refractivity contribution in [2.24, 2.45) is 0 Å². The van der Waals surface area contributed by atoms with Crippen LogP contribution in [0.2, 0.25) is 0 Å². The lowest BCUT2D eigenvalue weighted by Gasteiger charge is -2.16. The Morgan fingerprint density at radius 2 is 2.19 bits per heavy atom. The Balaban J connectivity index is 2.93. The summed E-state index contributed by atoms with van der Waals surface area (Å²) in [6.07, 6.45) is 5.00. The molecule has 4 heteroatoms. The van der Waals surface area contributed by atoms with E-state index < -0.39 is 0 Å². The quantitative estimate of drug-likeness (QED) is 0.773. The van der Waals surface area contributed by atoms with Gasteiger partial charge in [0.1, 0.15) is 0 Å². The number of rotatable bonds is 4. The van der Waals surface area contributed by atoms with Crippen LogP contribution in [-0.4, -0.2) is 17.9 Å². The lowest BCUT2D eigenvalue weighted by molar-refractivity contribution is 0.0845. The van der Waals surface area contributed by atoms with Gasteiger partial charge < -0.3 is 4.90 Å². The molecule has 1 rings (SSSR count). The van der Waals surface area contributed by atoms with Crippen molar-refractivity contribution in [3.05, 3.63) is 57.9 Å². The number of amides is 1. The predicted molar refractivity (Wildman–Crippen MR) is 72.6 cm³/mol. The van der Waals surface area contributed by atoms with Crippen LogP contribution in [0, 0.1) is 0 Å². The van der Waals surface area contributed by atoms with E-state index in [1.807, 2.05) is 6.07 Å². The summed E-state index contributed by atoms with van der Waals surface area (Å²) in [5.74, 6) is -0.0521. The molecule has 0 atom stereocenters. The van der Waals surface area contributed by atoms with Crippen LogP contribution < -0.4 is 0 Å². The van der Waals surface area contributed by atoms with Crippen LogP contribution in [0.3, 0.4) is 0 Å². The zero-order valence-corrected chi connectivity index (χ0v) is 11.3. The minimum absolute atomic E-state index is 0.0521. The Morgan fingerprint density at radius 1 is 1.50 bits per heavy atom. The lowest BCUT2D eigenvalue weighted by atomic mass is 10.3. The highest BCUT2D eigenvalue weighted by Crippen LogP contribution is 2.24. The molecule has 0 saturated heterocycles. The fourth-order valence-electron chi connectivity index (χ4n) is 1.15. The summed E-state index contributed by atoms with van der Waals surface area (Å²) in [7, 11) is 1.72. The number of carbonyl (C=O) groups excluding carboxylic acids is 1. The van der Waals surface area contributed by atoms with Crippen molar-refractivity contribution >= 4 is 33.2 Å². The van der Waals surface area contributed by atoms with Gasteiger partial charge in [0.15, 0.2) is 0 Å². The average molecular weight is 298 g/mol. The number of hydrogen-bond acceptors (Lipinski definition) is 2. The third-order valence-corrected chi connectivity index (χ3v) is 3.59. The van der Waals surface area contributed by atoms with E-state index in [1.54, 1.807) is 36.2 Å². The van der Waals surface area contributed by atoms with Crippen molar-refractivity contribution in [1.29, 1.82) is 0 Å². The maximum absolute atomic E-state index is 12.0. The lowest BCUT2D eigenvalue weighted by Crippen LogP contribution is -2.24. The van der Waals surface area contributed by atoms with Crippen LogP contribution in [-0.2, 0) is 0 Å². The van der Waals surface area contributed by atoms with E-state index in [9.17, 15) is 4.79 Å². The molecule has 1 heterocycles. The van der Waals surface area contributed by atoms with Crippen molar-refractivity contribution in [3.8, 4) is 0 Å². The molecule has 0 aromatic carbocycles. The standard InChI is InChI=1S/C12H12BrNOS/c1-4-6-9(5-2)14(3)12(15)10-7-8-11(13)16-10/h4-8H,1-2H2,3H3/b9-6+. The highest BCUT2D eigenvalue weighted by Gasteiger charge is 2.15. The molecule has 16 heavy (non-hydrogen) atoms. The Hall–Kier alpha value is -1.13. The number of hydrogen-bond donors (Lipinski definition) is 0. The van der Waals surface area contributed by atoms with Crippen LogP contribution in [0.5, 0.6) is 0 Å². The van der Waals surface area contributed by atoms with E-state index in [4.69, 9.17) is 0 Å². The van der Waals surface area contributed by atoms with Gasteiger partial charge in [-0.05, 0) is 40.2 Å². The van der Waals surface area contributed by atoms with Crippen molar-refractivity contribution in [2.75, 3.05) is 7.05 Å². The smallest absolute Gasteiger partial charge is 0.268 e. The Morgan fingerprint density at radius 3 is 2.62 bits per heavy atom. The van der Waals surface area contributed by atoms with Gasteiger partial charge in [-0.3, -0.25) is 4.79 Å². The van der Waals surface area contributed by atoms with Crippen LogP contribution in [0.15, 0.2) is 53.0 Å². The first-order valence-electron chi connectivity index (χ1n) is 4.58. The summed E-state index contributed by atoms with van der Waals surface area (Å²) in [4.78, 5) is 14.3. The second-order valence-corrected chi connectivity index (χ2v) is 5.46. The predicted octanol–water partition coefficient (Wildman–Crippen LogP) is 3.84. The van der Waals surface area contributed by atoms with E-state index in [2.05, 4.69) is 29.1 Å². The molecule has 1 amide bonds. The molecule has 1 aromatic heterocycles. The molecule has 0 bridgehead atoms. The molecule has 0 radical (unpaired) electrons. The first-order chi connectivity index (χ1) is 7.60. The van der Waals surface area contributed by atoms with E-state index in [0.717, 1.165) is 9.48 Å². The third kappa shape index (κ3) is 2.93. The van der Waals surface area contributed by atoms with Gasteiger partial charge in [0.25, 0.3) is 5.91 Å². The van der Waals surface area contributed by atoms with Crippen LogP contribution in [0.4, 0.5) is 0 Å². The summed E-state index contributed by atoms with van der Waals surface area (Å²) in [6, 6.07) is 3.65. The number of thiophene rings is 1. The highest BCUT2D eigenvalue weighted by molar-refractivity contribution is 9.11. The van der Waals surface area contributed by atoms with E-state index >= 15 is 0 Å². The Labute approximate surface area is 108 Å². The fourth-order valence-corrected chi connectivity index (χ4v) is 2.51. The van der Waals surface area contributed by atoms with Crippen molar-refractivity contribution in [1.82, 2.24) is 4.90 Å². The average Bonchev–Trinajstić information content (AvgIpc) is 2.70. The number of likely N-dealkylation sites (N-methyl/N-ethyl adjacent to an activating group) is 1. The van der Waals surface area contributed by atoms with Crippen LogP contribution in [0.1, 0.15) is 9.67 Å². The molecule has 0 saturated carbocycles. The van der Waals surface area contributed by atoms with E-state index in [0.29, 0.717) is 4.88 Å². The van der Waals surface area contributed by atoms with E-state index in [1.165, 1.54) is 11.3 Å². The summed E-state index contributed by atoms with van der Waals surface area (Å²) in [5, 5.41) is 0. The second kappa shape index (κ2) is 5.82. The Bertz CT molecular complexity index is 448. The second-order valence-electron chi connectivity index (χ2n) is 3.00. The zero-order valence-electron chi connectivity index (χ0n) is 8.94. The fraction of sp³-hybridized carbons (Fsp3) is 0.0833. The summed E-state index contributed by atoms with van der Waals surface area (Å²) < 4.78 is 0.942. The molecule has 2 nitrogen and oxygen atoms in total. The van der Waals surface area contributed by atoms with Gasteiger partial charge in [0.2, 0.25) is 0 Å². The minimum Gasteiger partial charge on any atom is -0.311 e. The van der Waals surface area contributed by atoms with Gasteiger partial charge in [0.05, 0.1) is 8.66 Å². The molecular formula is C12H12BrNOS. The maximum Gasteiger partial charge on any atom is 0.268 e. The largest absolute Gasteiger partial charge is 0.311 e. The number of nitrogens with zero attached hydrogens (tertiary/aromatic N) is 1. The Kier molecular flexibility index (Phi) is 4.71. The van der Waals surface area contributed by atoms with Gasteiger partial charge in [-0.15, -0.1) is 11.3 Å². The van der Waals surface area contributed by atoms with E-state index in [-0.39, 0.29) is 5.91 Å². The van der Waals surface area contributed by atoms with Crippen molar-refractivity contribution in [2.45, 2.75) is 0 Å².